The minimum Gasteiger partial charge on any atom is -0.490 e. The molecule has 0 saturated heterocycles. The predicted octanol–water partition coefficient (Wildman–Crippen LogP) is 3.60. The van der Waals surface area contributed by atoms with Crippen molar-refractivity contribution in [1.82, 2.24) is 10.2 Å². The predicted molar refractivity (Wildman–Crippen MR) is 77.2 cm³/mol. The number of rotatable bonds is 5. The van der Waals surface area contributed by atoms with Gasteiger partial charge in [0, 0.05) is 5.56 Å². The summed E-state index contributed by atoms with van der Waals surface area (Å²) < 4.78 is 11.7. The number of aromatic amines is 1. The number of benzene rings is 1. The fourth-order valence-corrected chi connectivity index (χ4v) is 1.94. The van der Waals surface area contributed by atoms with Crippen molar-refractivity contribution in [2.24, 2.45) is 0 Å². The van der Waals surface area contributed by atoms with E-state index in [9.17, 15) is 0 Å². The molecule has 0 saturated carbocycles. The molecule has 0 bridgehead atoms. The second kappa shape index (κ2) is 6.33. The molecule has 0 spiro atoms. The molecule has 0 aliphatic heterocycles. The highest BCUT2D eigenvalue weighted by molar-refractivity contribution is 7.71. The third-order valence-electron chi connectivity index (χ3n) is 2.54. The van der Waals surface area contributed by atoms with Gasteiger partial charge >= 0.3 is 0 Å². The highest BCUT2D eigenvalue weighted by atomic mass is 32.1. The van der Waals surface area contributed by atoms with E-state index in [0.717, 1.165) is 22.6 Å². The molecule has 19 heavy (non-hydrogen) atoms. The van der Waals surface area contributed by atoms with E-state index in [1.54, 1.807) is 6.20 Å². The Morgan fingerprint density at radius 1 is 1.05 bits per heavy atom. The first kappa shape index (κ1) is 13.5. The van der Waals surface area contributed by atoms with E-state index in [4.69, 9.17) is 21.7 Å². The SMILES string of the molecule is CCOc1ccc(-c2cn[nH]c(=S)c2)cc1OCC. The van der Waals surface area contributed by atoms with Crippen LogP contribution in [0.25, 0.3) is 11.1 Å². The van der Waals surface area contributed by atoms with Crippen molar-refractivity contribution in [3.8, 4) is 22.6 Å². The third-order valence-corrected chi connectivity index (χ3v) is 2.75. The van der Waals surface area contributed by atoms with Crippen molar-refractivity contribution in [2.45, 2.75) is 13.8 Å². The number of H-pyrrole nitrogens is 1. The van der Waals surface area contributed by atoms with Gasteiger partial charge in [0.2, 0.25) is 0 Å². The van der Waals surface area contributed by atoms with Gasteiger partial charge in [-0.25, -0.2) is 0 Å². The van der Waals surface area contributed by atoms with Gasteiger partial charge in [-0.3, -0.25) is 5.10 Å². The summed E-state index contributed by atoms with van der Waals surface area (Å²) >= 11 is 5.08. The number of nitrogens with zero attached hydrogens (tertiary/aromatic N) is 1. The number of hydrogen-bond acceptors (Lipinski definition) is 4. The molecule has 0 fully saturated rings. The summed E-state index contributed by atoms with van der Waals surface area (Å²) in [6.07, 6.45) is 1.74. The van der Waals surface area contributed by atoms with Gasteiger partial charge in [0.15, 0.2) is 11.5 Å². The first-order valence-electron chi connectivity index (χ1n) is 6.19. The number of aromatic nitrogens is 2. The Morgan fingerprint density at radius 2 is 1.79 bits per heavy atom. The monoisotopic (exact) mass is 276 g/mol. The quantitative estimate of drug-likeness (QED) is 0.848. The molecule has 100 valence electrons. The minimum atomic E-state index is 0.594. The normalized spacial score (nSPS) is 10.2. The van der Waals surface area contributed by atoms with Crippen molar-refractivity contribution in [3.63, 3.8) is 0 Å². The zero-order valence-corrected chi connectivity index (χ0v) is 11.8. The standard InChI is InChI=1S/C14H16N2O2S/c1-3-17-12-6-5-10(7-13(12)18-4-2)11-8-14(19)16-15-9-11/h5-9H,3-4H2,1-2H3,(H,16,19). The van der Waals surface area contributed by atoms with Crippen LogP contribution in [0.5, 0.6) is 11.5 Å². The Balaban J connectivity index is 2.42. The van der Waals surface area contributed by atoms with E-state index in [1.807, 2.05) is 38.1 Å². The minimum absolute atomic E-state index is 0.594. The zero-order valence-electron chi connectivity index (χ0n) is 11.0. The van der Waals surface area contributed by atoms with Crippen LogP contribution in [0, 0.1) is 4.64 Å². The summed E-state index contributed by atoms with van der Waals surface area (Å²) in [5.74, 6) is 1.49. The fraction of sp³-hybridized carbons (Fsp3) is 0.286. The van der Waals surface area contributed by atoms with Crippen LogP contribution in [0.3, 0.4) is 0 Å². The molecule has 1 aromatic carbocycles. The van der Waals surface area contributed by atoms with Crippen molar-refractivity contribution in [3.05, 3.63) is 35.1 Å². The van der Waals surface area contributed by atoms with Crippen LogP contribution in [-0.2, 0) is 0 Å². The van der Waals surface area contributed by atoms with Gasteiger partial charge in [-0.2, -0.15) is 5.10 Å². The smallest absolute Gasteiger partial charge is 0.161 e. The Bertz CT molecular complexity index is 610. The average Bonchev–Trinajstić information content (AvgIpc) is 2.41. The van der Waals surface area contributed by atoms with Crippen LogP contribution in [-0.4, -0.2) is 23.4 Å². The largest absolute Gasteiger partial charge is 0.490 e. The zero-order chi connectivity index (χ0) is 13.7. The Hall–Kier alpha value is -1.88. The molecular weight excluding hydrogens is 260 g/mol. The molecule has 1 heterocycles. The lowest BCUT2D eigenvalue weighted by Gasteiger charge is -2.12. The first-order chi connectivity index (χ1) is 9.24. The summed E-state index contributed by atoms with van der Waals surface area (Å²) in [7, 11) is 0. The van der Waals surface area contributed by atoms with Crippen LogP contribution in [0.4, 0.5) is 0 Å². The molecule has 1 aromatic heterocycles. The summed E-state index contributed by atoms with van der Waals surface area (Å²) in [6, 6.07) is 7.69. The third kappa shape index (κ3) is 3.32. The molecule has 4 nitrogen and oxygen atoms in total. The Labute approximate surface area is 117 Å². The maximum Gasteiger partial charge on any atom is 0.161 e. The molecule has 2 aromatic rings. The molecule has 0 aliphatic rings. The number of hydrogen-bond donors (Lipinski definition) is 1. The van der Waals surface area contributed by atoms with Crippen LogP contribution in [0.2, 0.25) is 0 Å². The van der Waals surface area contributed by atoms with Crippen molar-refractivity contribution < 1.29 is 9.47 Å². The summed E-state index contributed by atoms with van der Waals surface area (Å²) in [5.41, 5.74) is 1.95. The van der Waals surface area contributed by atoms with Crippen molar-refractivity contribution in [2.75, 3.05) is 13.2 Å². The van der Waals surface area contributed by atoms with Gasteiger partial charge < -0.3 is 9.47 Å². The lowest BCUT2D eigenvalue weighted by atomic mass is 10.1. The lowest BCUT2D eigenvalue weighted by molar-refractivity contribution is 0.288. The number of nitrogens with one attached hydrogen (secondary N) is 1. The Morgan fingerprint density at radius 3 is 2.47 bits per heavy atom. The van der Waals surface area contributed by atoms with Crippen LogP contribution in [0.1, 0.15) is 13.8 Å². The van der Waals surface area contributed by atoms with Crippen LogP contribution in [0.15, 0.2) is 30.5 Å². The second-order valence-electron chi connectivity index (χ2n) is 3.86. The van der Waals surface area contributed by atoms with E-state index in [-0.39, 0.29) is 0 Å². The molecule has 0 radical (unpaired) electrons. The van der Waals surface area contributed by atoms with E-state index in [2.05, 4.69) is 10.2 Å². The molecule has 2 rings (SSSR count). The summed E-state index contributed by atoms with van der Waals surface area (Å²) in [4.78, 5) is 0. The van der Waals surface area contributed by atoms with E-state index < -0.39 is 0 Å². The maximum atomic E-state index is 5.60. The van der Waals surface area contributed by atoms with Crippen molar-refractivity contribution >= 4 is 12.2 Å². The van der Waals surface area contributed by atoms with Gasteiger partial charge in [-0.1, -0.05) is 18.3 Å². The van der Waals surface area contributed by atoms with E-state index >= 15 is 0 Å². The van der Waals surface area contributed by atoms with Gasteiger partial charge in [-0.05, 0) is 37.6 Å². The lowest BCUT2D eigenvalue weighted by Crippen LogP contribution is -1.98. The maximum absolute atomic E-state index is 5.60. The van der Waals surface area contributed by atoms with E-state index in [0.29, 0.717) is 17.9 Å². The van der Waals surface area contributed by atoms with Crippen LogP contribution >= 0.6 is 12.2 Å². The van der Waals surface area contributed by atoms with E-state index in [1.165, 1.54) is 0 Å². The summed E-state index contributed by atoms with van der Waals surface area (Å²) in [5, 5.41) is 6.72. The molecule has 0 unspecified atom stereocenters. The average molecular weight is 276 g/mol. The van der Waals surface area contributed by atoms with Gasteiger partial charge in [0.05, 0.1) is 19.4 Å². The Kier molecular flexibility index (Phi) is 4.52. The van der Waals surface area contributed by atoms with Gasteiger partial charge in [0.1, 0.15) is 4.64 Å². The summed E-state index contributed by atoms with van der Waals surface area (Å²) in [6.45, 7) is 5.10. The first-order valence-corrected chi connectivity index (χ1v) is 6.60. The van der Waals surface area contributed by atoms with Crippen LogP contribution < -0.4 is 9.47 Å². The molecular formula is C14H16N2O2S. The molecule has 0 amide bonds. The molecule has 0 atom stereocenters. The topological polar surface area (TPSA) is 47.1 Å². The highest BCUT2D eigenvalue weighted by Gasteiger charge is 2.07. The molecule has 5 heteroatoms. The number of ether oxygens (including phenoxy) is 2. The molecule has 1 N–H and O–H groups in total. The van der Waals surface area contributed by atoms with Crippen molar-refractivity contribution in [1.29, 1.82) is 0 Å². The highest BCUT2D eigenvalue weighted by Crippen LogP contribution is 2.32. The second-order valence-corrected chi connectivity index (χ2v) is 4.30. The van der Waals surface area contributed by atoms with Gasteiger partial charge in [-0.15, -0.1) is 0 Å². The molecule has 0 aliphatic carbocycles. The van der Waals surface area contributed by atoms with Gasteiger partial charge in [0.25, 0.3) is 0 Å². The fourth-order valence-electron chi connectivity index (χ4n) is 1.76.